The van der Waals surface area contributed by atoms with E-state index in [0.717, 1.165) is 0 Å². The first-order valence-electron chi connectivity index (χ1n) is 6.12. The van der Waals surface area contributed by atoms with Gasteiger partial charge in [-0.05, 0) is 28.1 Å². The lowest BCUT2D eigenvalue weighted by Gasteiger charge is -2.17. The first-order valence-corrected chi connectivity index (χ1v) is 8.35. The monoisotopic (exact) mass is 374 g/mol. The van der Waals surface area contributed by atoms with Crippen molar-refractivity contribution in [3.8, 4) is 5.75 Å². The average Bonchev–Trinajstić information content (AvgIpc) is 2.79. The number of aryl methyl sites for hydroxylation is 1. The van der Waals surface area contributed by atoms with Gasteiger partial charge in [0.15, 0.2) is 4.60 Å². The van der Waals surface area contributed by atoms with Crippen molar-refractivity contribution in [1.82, 2.24) is 19.3 Å². The molecular weight excluding hydrogens is 360 g/mol. The molecule has 0 bridgehead atoms. The molecule has 0 saturated carbocycles. The summed E-state index contributed by atoms with van der Waals surface area (Å²) in [4.78, 5) is 0. The molecule has 1 heterocycles. The SMILES string of the molecule is CN(CCOc1ccccc1)S(=O)(=O)c1c(Br)nnn1C. The minimum atomic E-state index is -3.67. The summed E-state index contributed by atoms with van der Waals surface area (Å²) < 4.78 is 32.9. The van der Waals surface area contributed by atoms with Gasteiger partial charge in [-0.25, -0.2) is 13.1 Å². The van der Waals surface area contributed by atoms with E-state index in [4.69, 9.17) is 4.74 Å². The highest BCUT2D eigenvalue weighted by Crippen LogP contribution is 2.21. The van der Waals surface area contributed by atoms with Crippen LogP contribution in [-0.4, -0.2) is 47.9 Å². The van der Waals surface area contributed by atoms with E-state index in [9.17, 15) is 8.42 Å². The Labute approximate surface area is 131 Å². The molecule has 0 fully saturated rings. The Hall–Kier alpha value is -1.45. The Morgan fingerprint density at radius 3 is 2.57 bits per heavy atom. The van der Waals surface area contributed by atoms with E-state index < -0.39 is 10.0 Å². The molecule has 0 aliphatic rings. The lowest BCUT2D eigenvalue weighted by Crippen LogP contribution is -2.32. The standard InChI is InChI=1S/C12H15BrN4O3S/c1-16(8-9-20-10-6-4-3-5-7-10)21(18,19)12-11(13)14-15-17(12)2/h3-7H,8-9H2,1-2H3. The fourth-order valence-electron chi connectivity index (χ4n) is 1.67. The molecule has 0 unspecified atom stereocenters. The van der Waals surface area contributed by atoms with Crippen molar-refractivity contribution in [2.75, 3.05) is 20.2 Å². The Kier molecular flexibility index (Phi) is 4.96. The van der Waals surface area contributed by atoms with Crippen LogP contribution in [0.1, 0.15) is 0 Å². The van der Waals surface area contributed by atoms with Gasteiger partial charge in [0.05, 0.1) is 0 Å². The summed E-state index contributed by atoms with van der Waals surface area (Å²) in [5, 5.41) is 7.38. The van der Waals surface area contributed by atoms with Gasteiger partial charge in [-0.2, -0.15) is 4.31 Å². The molecule has 7 nitrogen and oxygen atoms in total. The van der Waals surface area contributed by atoms with Gasteiger partial charge in [0.25, 0.3) is 10.0 Å². The van der Waals surface area contributed by atoms with Gasteiger partial charge in [0.1, 0.15) is 12.4 Å². The molecule has 2 aromatic rings. The van der Waals surface area contributed by atoms with Crippen molar-refractivity contribution >= 4 is 26.0 Å². The van der Waals surface area contributed by atoms with E-state index in [2.05, 4.69) is 26.2 Å². The first kappa shape index (κ1) is 15.9. The fourth-order valence-corrected chi connectivity index (χ4v) is 3.85. The molecule has 21 heavy (non-hydrogen) atoms. The van der Waals surface area contributed by atoms with Crippen LogP contribution in [0.15, 0.2) is 40.0 Å². The highest BCUT2D eigenvalue weighted by Gasteiger charge is 2.28. The topological polar surface area (TPSA) is 77.3 Å². The molecule has 0 radical (unpaired) electrons. The lowest BCUT2D eigenvalue weighted by atomic mass is 10.3. The maximum absolute atomic E-state index is 12.4. The number of nitrogens with zero attached hydrogens (tertiary/aromatic N) is 4. The second kappa shape index (κ2) is 6.54. The maximum Gasteiger partial charge on any atom is 0.262 e. The molecule has 0 aliphatic heterocycles. The van der Waals surface area contributed by atoms with Crippen LogP contribution in [0.25, 0.3) is 0 Å². The number of hydrogen-bond donors (Lipinski definition) is 0. The van der Waals surface area contributed by atoms with Crippen molar-refractivity contribution < 1.29 is 13.2 Å². The third-order valence-corrected chi connectivity index (χ3v) is 5.56. The molecule has 0 N–H and O–H groups in total. The summed E-state index contributed by atoms with van der Waals surface area (Å²) in [5.74, 6) is 0.701. The van der Waals surface area contributed by atoms with Crippen molar-refractivity contribution in [3.63, 3.8) is 0 Å². The van der Waals surface area contributed by atoms with E-state index in [1.807, 2.05) is 30.3 Å². The number of rotatable bonds is 6. The number of halogens is 1. The van der Waals surface area contributed by atoms with Crippen LogP contribution in [0.2, 0.25) is 0 Å². The van der Waals surface area contributed by atoms with Gasteiger partial charge in [-0.3, -0.25) is 0 Å². The normalized spacial score (nSPS) is 11.8. The van der Waals surface area contributed by atoms with Crippen LogP contribution in [-0.2, 0) is 17.1 Å². The molecule has 0 amide bonds. The Balaban J connectivity index is 2.01. The first-order chi connectivity index (χ1) is 9.93. The smallest absolute Gasteiger partial charge is 0.262 e. The molecule has 2 rings (SSSR count). The summed E-state index contributed by atoms with van der Waals surface area (Å²) in [5.41, 5.74) is 0. The van der Waals surface area contributed by atoms with Gasteiger partial charge in [-0.15, -0.1) is 5.10 Å². The number of hydrogen-bond acceptors (Lipinski definition) is 5. The van der Waals surface area contributed by atoms with Crippen molar-refractivity contribution in [2.45, 2.75) is 5.03 Å². The van der Waals surface area contributed by atoms with E-state index in [1.54, 1.807) is 0 Å². The minimum absolute atomic E-state index is 0.0183. The van der Waals surface area contributed by atoms with Gasteiger partial charge in [0.2, 0.25) is 5.03 Å². The summed E-state index contributed by atoms with van der Waals surface area (Å²) in [6.45, 7) is 0.470. The van der Waals surface area contributed by atoms with Crippen molar-refractivity contribution in [3.05, 3.63) is 34.9 Å². The number of sulfonamides is 1. The van der Waals surface area contributed by atoms with Crippen molar-refractivity contribution in [1.29, 1.82) is 0 Å². The maximum atomic E-state index is 12.4. The number of aromatic nitrogens is 3. The Bertz CT molecular complexity index is 683. The molecule has 114 valence electrons. The van der Waals surface area contributed by atoms with Crippen molar-refractivity contribution in [2.24, 2.45) is 7.05 Å². The quantitative estimate of drug-likeness (QED) is 0.760. The van der Waals surface area contributed by atoms with E-state index >= 15 is 0 Å². The summed E-state index contributed by atoms with van der Waals surface area (Å²) in [6.07, 6.45) is 0. The summed E-state index contributed by atoms with van der Waals surface area (Å²) in [7, 11) is -0.651. The third-order valence-electron chi connectivity index (χ3n) is 2.81. The Morgan fingerprint density at radius 2 is 2.00 bits per heavy atom. The summed E-state index contributed by atoms with van der Waals surface area (Å²) in [6, 6.07) is 9.23. The molecule has 1 aromatic heterocycles. The average molecular weight is 375 g/mol. The number of benzene rings is 1. The predicted molar refractivity (Wildman–Crippen MR) is 80.5 cm³/mol. The molecule has 9 heteroatoms. The van der Waals surface area contributed by atoms with E-state index in [-0.39, 0.29) is 22.8 Å². The van der Waals surface area contributed by atoms with Crippen LogP contribution >= 0.6 is 15.9 Å². The van der Waals surface area contributed by atoms with Crippen LogP contribution in [0.5, 0.6) is 5.75 Å². The predicted octanol–water partition coefficient (Wildman–Crippen LogP) is 1.28. The van der Waals surface area contributed by atoms with Crippen LogP contribution in [0.4, 0.5) is 0 Å². The lowest BCUT2D eigenvalue weighted by molar-refractivity contribution is 0.286. The number of ether oxygens (including phenoxy) is 1. The highest BCUT2D eigenvalue weighted by molar-refractivity contribution is 9.10. The van der Waals surface area contributed by atoms with Gasteiger partial charge < -0.3 is 4.74 Å². The van der Waals surface area contributed by atoms with Gasteiger partial charge in [-0.1, -0.05) is 23.4 Å². The second-order valence-corrected chi connectivity index (χ2v) is 7.01. The summed E-state index contributed by atoms with van der Waals surface area (Å²) >= 11 is 3.09. The molecule has 1 aromatic carbocycles. The van der Waals surface area contributed by atoms with Gasteiger partial charge in [0, 0.05) is 20.6 Å². The zero-order valence-corrected chi connectivity index (χ0v) is 14.0. The highest BCUT2D eigenvalue weighted by atomic mass is 79.9. The van der Waals surface area contributed by atoms with Crippen LogP contribution < -0.4 is 4.74 Å². The van der Waals surface area contributed by atoms with Crippen LogP contribution in [0, 0.1) is 0 Å². The largest absolute Gasteiger partial charge is 0.492 e. The zero-order chi connectivity index (χ0) is 15.5. The molecular formula is C12H15BrN4O3S. The zero-order valence-electron chi connectivity index (χ0n) is 11.6. The number of likely N-dealkylation sites (N-methyl/N-ethyl adjacent to an activating group) is 1. The van der Waals surface area contributed by atoms with E-state index in [1.165, 1.54) is 23.1 Å². The van der Waals surface area contributed by atoms with E-state index in [0.29, 0.717) is 5.75 Å². The molecule has 0 aliphatic carbocycles. The van der Waals surface area contributed by atoms with Crippen LogP contribution in [0.3, 0.4) is 0 Å². The fraction of sp³-hybridized carbons (Fsp3) is 0.333. The molecule has 0 spiro atoms. The van der Waals surface area contributed by atoms with Gasteiger partial charge >= 0.3 is 0 Å². The second-order valence-electron chi connectivity index (χ2n) is 4.30. The minimum Gasteiger partial charge on any atom is -0.492 e. The third kappa shape index (κ3) is 3.60. The molecule has 0 atom stereocenters. The molecule has 0 saturated heterocycles. The number of para-hydroxylation sites is 1. The Morgan fingerprint density at radius 1 is 1.33 bits per heavy atom.